The lowest BCUT2D eigenvalue weighted by Gasteiger charge is -2.33. The van der Waals surface area contributed by atoms with E-state index in [2.05, 4.69) is 89.2 Å². The molecule has 0 unspecified atom stereocenters. The van der Waals surface area contributed by atoms with Crippen LogP contribution in [0.15, 0.2) is 231 Å². The molecule has 10 nitrogen and oxygen atoms in total. The molecule has 11 heteroatoms. The molecule has 336 valence electrons. The Morgan fingerprint density at radius 1 is 0.319 bits per heavy atom. The minimum Gasteiger partial charge on any atom is -0.339 e. The number of hydrogen-bond acceptors (Lipinski definition) is 9. The zero-order valence-electron chi connectivity index (χ0n) is 38.4. The molecule has 0 amide bonds. The summed E-state index contributed by atoms with van der Waals surface area (Å²) in [5, 5.41) is 5.29. The predicted octanol–water partition coefficient (Wildman–Crippen LogP) is 11.0. The quantitative estimate of drug-likeness (QED) is 0.137. The summed E-state index contributed by atoms with van der Waals surface area (Å²) in [5.41, 5.74) is 9.74. The molecule has 6 heterocycles. The summed E-state index contributed by atoms with van der Waals surface area (Å²) in [6.45, 7) is 0. The van der Waals surface area contributed by atoms with E-state index in [9.17, 15) is 0 Å². The van der Waals surface area contributed by atoms with Crippen molar-refractivity contribution in [3.8, 4) is 79.7 Å². The molecule has 1 aliphatic heterocycles. The third-order valence-corrected chi connectivity index (χ3v) is 18.2. The number of nitrogens with zero attached hydrogens (tertiary/aromatic N) is 10. The van der Waals surface area contributed by atoms with Gasteiger partial charge in [-0.3, -0.25) is 9.97 Å². The second kappa shape index (κ2) is 16.8. The standard InChI is InChI=1S/C61H38N10Si/c1-5-19-39(20-6-1)55-65-56(40-21-7-2-8-22-40)68-59(67-55)48-37-45(35-43-27-17-33-62-53(43)48)72(52-32-16-13-29-47(52)61-64-50-30-14-15-31-51(50)71(61)72)46-36-44-28-18-34-63-54(44)49(38-46)60-69-57(41-23-9-3-10-24-41)66-58(70-60)42-25-11-4-12-26-42/h1-38H. The van der Waals surface area contributed by atoms with Crippen LogP contribution >= 0.6 is 0 Å². The van der Waals surface area contributed by atoms with Gasteiger partial charge in [0.15, 0.2) is 34.9 Å². The zero-order valence-corrected chi connectivity index (χ0v) is 39.4. The summed E-state index contributed by atoms with van der Waals surface area (Å²) in [5.74, 6) is 4.25. The molecule has 14 rings (SSSR count). The van der Waals surface area contributed by atoms with Gasteiger partial charge in [-0.05, 0) is 52.0 Å². The lowest BCUT2D eigenvalue weighted by Crippen LogP contribution is -2.70. The molecular weight excluding hydrogens is 901 g/mol. The van der Waals surface area contributed by atoms with E-state index >= 15 is 0 Å². The van der Waals surface area contributed by atoms with E-state index in [1.807, 2.05) is 146 Å². The average molecular weight is 939 g/mol. The topological polar surface area (TPSA) is 121 Å². The highest BCUT2D eigenvalue weighted by Gasteiger charge is 2.52. The lowest BCUT2D eigenvalue weighted by molar-refractivity contribution is 1.07. The number of rotatable bonds is 8. The van der Waals surface area contributed by atoms with Crippen LogP contribution in [0.25, 0.3) is 113 Å². The van der Waals surface area contributed by atoms with Crippen LogP contribution in [0.1, 0.15) is 0 Å². The summed E-state index contributed by atoms with van der Waals surface area (Å²) in [6.07, 6.45) is 3.68. The van der Waals surface area contributed by atoms with E-state index in [1.165, 1.54) is 5.19 Å². The molecule has 8 aromatic carbocycles. The van der Waals surface area contributed by atoms with Crippen LogP contribution in [0.2, 0.25) is 0 Å². The minimum atomic E-state index is -3.55. The van der Waals surface area contributed by atoms with Crippen molar-refractivity contribution in [3.05, 3.63) is 231 Å². The number of fused-ring (bicyclic) bond motifs is 7. The normalized spacial score (nSPS) is 12.6. The molecule has 0 fully saturated rings. The van der Waals surface area contributed by atoms with Gasteiger partial charge in [-0.15, -0.1) is 0 Å². The Balaban J connectivity index is 1.11. The Kier molecular flexibility index (Phi) is 9.61. The van der Waals surface area contributed by atoms with Crippen LogP contribution < -0.4 is 15.6 Å². The van der Waals surface area contributed by atoms with Crippen LogP contribution in [0, 0.1) is 0 Å². The smallest absolute Gasteiger partial charge is 0.259 e. The zero-order chi connectivity index (χ0) is 47.6. The molecule has 0 saturated heterocycles. The van der Waals surface area contributed by atoms with Crippen molar-refractivity contribution in [1.82, 2.24) is 49.1 Å². The summed E-state index contributed by atoms with van der Waals surface area (Å²) in [4.78, 5) is 47.0. The van der Waals surface area contributed by atoms with E-state index in [0.717, 1.165) is 88.0 Å². The summed E-state index contributed by atoms with van der Waals surface area (Å²) < 4.78 is 2.55. The first-order chi connectivity index (χ1) is 35.7. The second-order valence-corrected chi connectivity index (χ2v) is 21.4. The summed E-state index contributed by atoms with van der Waals surface area (Å²) >= 11 is 0. The van der Waals surface area contributed by atoms with Gasteiger partial charge in [-0.2, -0.15) is 0 Å². The monoisotopic (exact) mass is 938 g/mol. The molecule has 1 aliphatic rings. The van der Waals surface area contributed by atoms with Crippen molar-refractivity contribution in [2.45, 2.75) is 0 Å². The molecule has 5 aromatic heterocycles. The maximum Gasteiger partial charge on any atom is 0.259 e. The lowest BCUT2D eigenvalue weighted by atomic mass is 10.1. The fraction of sp³-hybridized carbons (Fsp3) is 0. The number of imidazole rings is 1. The van der Waals surface area contributed by atoms with E-state index < -0.39 is 8.24 Å². The summed E-state index contributed by atoms with van der Waals surface area (Å²) in [7, 11) is -3.55. The first kappa shape index (κ1) is 41.3. The molecule has 13 aromatic rings. The van der Waals surface area contributed by atoms with Crippen LogP contribution in [0.4, 0.5) is 0 Å². The highest BCUT2D eigenvalue weighted by Crippen LogP contribution is 2.38. The number of para-hydroxylation sites is 2. The maximum atomic E-state index is 5.45. The third-order valence-electron chi connectivity index (χ3n) is 13.6. The Hall–Kier alpha value is -9.71. The van der Waals surface area contributed by atoms with Crippen LogP contribution in [0.3, 0.4) is 0 Å². The largest absolute Gasteiger partial charge is 0.339 e. The van der Waals surface area contributed by atoms with Crippen molar-refractivity contribution in [2.75, 3.05) is 0 Å². The maximum absolute atomic E-state index is 5.45. The van der Waals surface area contributed by atoms with Gasteiger partial charge in [-0.25, -0.2) is 34.9 Å². The van der Waals surface area contributed by atoms with Gasteiger partial charge in [0.05, 0.1) is 22.1 Å². The first-order valence-electron chi connectivity index (χ1n) is 23.8. The van der Waals surface area contributed by atoms with Crippen molar-refractivity contribution >= 4 is 56.6 Å². The average Bonchev–Trinajstić information content (AvgIpc) is 3.99. The van der Waals surface area contributed by atoms with Crippen molar-refractivity contribution in [2.24, 2.45) is 0 Å². The van der Waals surface area contributed by atoms with Gasteiger partial charge < -0.3 is 4.23 Å². The van der Waals surface area contributed by atoms with Crippen molar-refractivity contribution in [3.63, 3.8) is 0 Å². The molecule has 0 N–H and O–H groups in total. The number of hydrogen-bond donors (Lipinski definition) is 0. The molecule has 0 aliphatic carbocycles. The highest BCUT2D eigenvalue weighted by atomic mass is 28.3. The van der Waals surface area contributed by atoms with Crippen molar-refractivity contribution < 1.29 is 0 Å². The third kappa shape index (κ3) is 6.67. The molecule has 0 saturated carbocycles. The molecular formula is C61H38N10Si. The van der Waals surface area contributed by atoms with E-state index in [1.54, 1.807) is 0 Å². The molecule has 0 bridgehead atoms. The van der Waals surface area contributed by atoms with Gasteiger partial charge in [0.25, 0.3) is 8.24 Å². The molecule has 0 atom stereocenters. The molecule has 0 radical (unpaired) electrons. The van der Waals surface area contributed by atoms with Gasteiger partial charge in [-0.1, -0.05) is 182 Å². The number of aromatic nitrogens is 10. The van der Waals surface area contributed by atoms with Gasteiger partial charge in [0.2, 0.25) is 0 Å². The Morgan fingerprint density at radius 2 is 0.722 bits per heavy atom. The van der Waals surface area contributed by atoms with E-state index in [-0.39, 0.29) is 0 Å². The van der Waals surface area contributed by atoms with Gasteiger partial charge in [0, 0.05) is 62.1 Å². The van der Waals surface area contributed by atoms with Crippen LogP contribution in [-0.2, 0) is 0 Å². The SMILES string of the molecule is c1ccc(-c2nc(-c3ccccc3)nc(-c3cc([Si]4(c5cc(-c6nc(-c7ccccc7)nc(-c7ccccc7)n6)c6ncccc6c5)c5ccccc5-c5nc6ccccc6n54)cc4cccnc34)n2)cc1. The van der Waals surface area contributed by atoms with E-state index in [4.69, 9.17) is 44.9 Å². The van der Waals surface area contributed by atoms with Crippen LogP contribution in [0.5, 0.6) is 0 Å². The fourth-order valence-electron chi connectivity index (χ4n) is 10.4. The van der Waals surface area contributed by atoms with Crippen molar-refractivity contribution in [1.29, 1.82) is 0 Å². The Labute approximate surface area is 414 Å². The van der Waals surface area contributed by atoms with E-state index in [0.29, 0.717) is 34.9 Å². The summed E-state index contributed by atoms with van der Waals surface area (Å²) in [6, 6.07) is 75.1. The number of benzene rings is 8. The Morgan fingerprint density at radius 3 is 1.19 bits per heavy atom. The minimum absolute atomic E-state index is 0.523. The highest BCUT2D eigenvalue weighted by molar-refractivity contribution is 7.12. The Bertz CT molecular complexity index is 3900. The van der Waals surface area contributed by atoms with Gasteiger partial charge >= 0.3 is 0 Å². The molecule has 0 spiro atoms. The predicted molar refractivity (Wildman–Crippen MR) is 288 cm³/mol. The van der Waals surface area contributed by atoms with Gasteiger partial charge in [0.1, 0.15) is 5.82 Å². The fourth-order valence-corrected chi connectivity index (χ4v) is 15.5. The second-order valence-electron chi connectivity index (χ2n) is 17.8. The van der Waals surface area contributed by atoms with Crippen LogP contribution in [-0.4, -0.2) is 57.3 Å². The molecule has 72 heavy (non-hydrogen) atoms. The number of pyridine rings is 2. The first-order valence-corrected chi connectivity index (χ1v) is 25.7.